The van der Waals surface area contributed by atoms with Gasteiger partial charge in [0.1, 0.15) is 6.04 Å². The van der Waals surface area contributed by atoms with Crippen LogP contribution in [0.1, 0.15) is 12.8 Å². The quantitative estimate of drug-likeness (QED) is 0.425. The Kier molecular flexibility index (Phi) is 5.27. The van der Waals surface area contributed by atoms with Gasteiger partial charge in [-0.2, -0.15) is 12.6 Å². The molecule has 0 aromatic heterocycles. The summed E-state index contributed by atoms with van der Waals surface area (Å²) in [5.74, 6) is -1.01. The second-order valence-corrected chi connectivity index (χ2v) is 3.03. The third-order valence-electron chi connectivity index (χ3n) is 1.40. The lowest BCUT2D eigenvalue weighted by atomic mass is 10.1. The molecule has 0 aliphatic rings. The van der Waals surface area contributed by atoms with Crippen LogP contribution < -0.4 is 11.5 Å². The molecule has 0 radical (unpaired) electrons. The maximum absolute atomic E-state index is 10.3. The molecule has 5 heteroatoms. The van der Waals surface area contributed by atoms with Crippen LogP contribution in [0, 0.1) is 0 Å². The van der Waals surface area contributed by atoms with Crippen molar-refractivity contribution in [2.24, 2.45) is 11.5 Å². The van der Waals surface area contributed by atoms with Gasteiger partial charge >= 0.3 is 5.97 Å². The van der Waals surface area contributed by atoms with E-state index in [1.807, 2.05) is 0 Å². The predicted octanol–water partition coefficient (Wildman–Crippen LogP) is -0.564. The summed E-state index contributed by atoms with van der Waals surface area (Å²) in [5, 5.41) is 8.15. The molecule has 0 bridgehead atoms. The van der Waals surface area contributed by atoms with E-state index in [1.165, 1.54) is 0 Å². The first-order chi connectivity index (χ1) is 5.09. The van der Waals surface area contributed by atoms with Gasteiger partial charge in [0.2, 0.25) is 0 Å². The Bertz CT molecular complexity index is 132. The molecule has 0 saturated carbocycles. The second-order valence-electron chi connectivity index (χ2n) is 2.36. The molecule has 2 unspecified atom stereocenters. The van der Waals surface area contributed by atoms with E-state index in [2.05, 4.69) is 12.6 Å². The van der Waals surface area contributed by atoms with Crippen molar-refractivity contribution in [1.29, 1.82) is 0 Å². The molecule has 0 spiro atoms. The molecule has 0 heterocycles. The molecule has 0 amide bonds. The van der Waals surface area contributed by atoms with Crippen molar-refractivity contribution < 1.29 is 9.90 Å². The van der Waals surface area contributed by atoms with Crippen LogP contribution in [0.4, 0.5) is 0 Å². The number of aliphatic carboxylic acids is 1. The Morgan fingerprint density at radius 1 is 1.64 bits per heavy atom. The summed E-state index contributed by atoms with van der Waals surface area (Å²) in [7, 11) is 0. The molecule has 0 aliphatic heterocycles. The normalized spacial score (nSPS) is 15.9. The lowest BCUT2D eigenvalue weighted by Crippen LogP contribution is -2.39. The van der Waals surface area contributed by atoms with Gasteiger partial charge in [-0.05, 0) is 19.4 Å². The van der Waals surface area contributed by atoms with Crippen LogP contribution in [0.25, 0.3) is 0 Å². The van der Waals surface area contributed by atoms with Crippen LogP contribution in [-0.4, -0.2) is 28.9 Å². The number of hydrogen-bond acceptors (Lipinski definition) is 4. The number of nitrogens with two attached hydrogens (primary N) is 2. The topological polar surface area (TPSA) is 89.3 Å². The third-order valence-corrected chi connectivity index (χ3v) is 1.98. The molecular weight excluding hydrogens is 164 g/mol. The fraction of sp³-hybridized carbons (Fsp3) is 0.833. The maximum atomic E-state index is 10.3. The van der Waals surface area contributed by atoms with E-state index in [0.29, 0.717) is 13.0 Å². The van der Waals surface area contributed by atoms with Gasteiger partial charge in [-0.1, -0.05) is 0 Å². The molecule has 0 rings (SSSR count). The monoisotopic (exact) mass is 178 g/mol. The van der Waals surface area contributed by atoms with E-state index in [0.717, 1.165) is 6.42 Å². The molecule has 0 fully saturated rings. The minimum absolute atomic E-state index is 0.295. The SMILES string of the molecule is NCCCC(S)C(N)C(=O)O. The average molecular weight is 178 g/mol. The molecule has 0 aromatic rings. The first-order valence-electron chi connectivity index (χ1n) is 3.46. The third kappa shape index (κ3) is 4.23. The zero-order valence-electron chi connectivity index (χ0n) is 6.23. The van der Waals surface area contributed by atoms with E-state index in [1.54, 1.807) is 0 Å². The van der Waals surface area contributed by atoms with Crippen LogP contribution in [0.5, 0.6) is 0 Å². The van der Waals surface area contributed by atoms with Gasteiger partial charge < -0.3 is 16.6 Å². The van der Waals surface area contributed by atoms with Crippen molar-refractivity contribution in [2.75, 3.05) is 6.54 Å². The van der Waals surface area contributed by atoms with E-state index < -0.39 is 12.0 Å². The first-order valence-corrected chi connectivity index (χ1v) is 3.97. The highest BCUT2D eigenvalue weighted by Gasteiger charge is 2.19. The fourth-order valence-electron chi connectivity index (χ4n) is 0.671. The van der Waals surface area contributed by atoms with E-state index in [9.17, 15) is 4.79 Å². The Morgan fingerprint density at radius 2 is 2.18 bits per heavy atom. The lowest BCUT2D eigenvalue weighted by molar-refractivity contribution is -0.138. The molecule has 2 atom stereocenters. The Hall–Kier alpha value is -0.260. The van der Waals surface area contributed by atoms with Crippen LogP contribution in [-0.2, 0) is 4.79 Å². The zero-order chi connectivity index (χ0) is 8.85. The van der Waals surface area contributed by atoms with Gasteiger partial charge in [-0.15, -0.1) is 0 Å². The summed E-state index contributed by atoms with van der Waals surface area (Å²) < 4.78 is 0. The van der Waals surface area contributed by atoms with Crippen LogP contribution in [0.15, 0.2) is 0 Å². The maximum Gasteiger partial charge on any atom is 0.321 e. The number of carboxylic acids is 1. The highest BCUT2D eigenvalue weighted by atomic mass is 32.1. The van der Waals surface area contributed by atoms with Crippen LogP contribution in [0.3, 0.4) is 0 Å². The summed E-state index contributed by atoms with van der Waals surface area (Å²) in [6.07, 6.45) is 1.40. The van der Waals surface area contributed by atoms with Crippen molar-refractivity contribution in [3.05, 3.63) is 0 Å². The molecule has 11 heavy (non-hydrogen) atoms. The summed E-state index contributed by atoms with van der Waals surface area (Å²) in [6.45, 7) is 0.545. The molecule has 0 aromatic carbocycles. The van der Waals surface area contributed by atoms with E-state index in [4.69, 9.17) is 16.6 Å². The lowest BCUT2D eigenvalue weighted by Gasteiger charge is -2.13. The van der Waals surface area contributed by atoms with Gasteiger partial charge in [0.15, 0.2) is 0 Å². The van der Waals surface area contributed by atoms with E-state index >= 15 is 0 Å². The first kappa shape index (κ1) is 10.7. The molecular formula is C6H14N2O2S. The largest absolute Gasteiger partial charge is 0.480 e. The van der Waals surface area contributed by atoms with Gasteiger partial charge in [-0.3, -0.25) is 4.79 Å². The number of carboxylic acid groups (broad SMARTS) is 1. The minimum Gasteiger partial charge on any atom is -0.480 e. The molecule has 0 aliphatic carbocycles. The standard InChI is InChI=1S/C6H14N2O2S/c7-3-1-2-4(11)5(8)6(9)10/h4-5,11H,1-3,7-8H2,(H,9,10). The summed E-state index contributed by atoms with van der Waals surface area (Å²) in [6, 6.07) is -0.884. The average Bonchev–Trinajstić information content (AvgIpc) is 1.98. The highest BCUT2D eigenvalue weighted by Crippen LogP contribution is 2.07. The molecule has 0 saturated heterocycles. The Balaban J connectivity index is 3.63. The summed E-state index contributed by atoms with van der Waals surface area (Å²) in [4.78, 5) is 10.3. The molecule has 5 N–H and O–H groups in total. The van der Waals surface area contributed by atoms with Crippen molar-refractivity contribution in [2.45, 2.75) is 24.1 Å². The summed E-state index contributed by atoms with van der Waals surface area (Å²) >= 11 is 4.04. The van der Waals surface area contributed by atoms with Gasteiger partial charge in [0.25, 0.3) is 0 Å². The van der Waals surface area contributed by atoms with Crippen molar-refractivity contribution >= 4 is 18.6 Å². The van der Waals surface area contributed by atoms with E-state index in [-0.39, 0.29) is 5.25 Å². The number of thiol groups is 1. The van der Waals surface area contributed by atoms with Crippen LogP contribution in [0.2, 0.25) is 0 Å². The predicted molar refractivity (Wildman–Crippen MR) is 46.7 cm³/mol. The van der Waals surface area contributed by atoms with Crippen molar-refractivity contribution in [3.8, 4) is 0 Å². The second kappa shape index (κ2) is 5.40. The fourth-order valence-corrected chi connectivity index (χ4v) is 0.981. The minimum atomic E-state index is -1.01. The number of hydrogen-bond donors (Lipinski definition) is 4. The number of carbonyl (C=O) groups is 1. The van der Waals surface area contributed by atoms with Crippen LogP contribution >= 0.6 is 12.6 Å². The molecule has 4 nitrogen and oxygen atoms in total. The Morgan fingerprint density at radius 3 is 2.55 bits per heavy atom. The Labute approximate surface area is 71.4 Å². The van der Waals surface area contributed by atoms with Crippen molar-refractivity contribution in [3.63, 3.8) is 0 Å². The van der Waals surface area contributed by atoms with Gasteiger partial charge in [0.05, 0.1) is 0 Å². The highest BCUT2D eigenvalue weighted by molar-refractivity contribution is 7.81. The van der Waals surface area contributed by atoms with Gasteiger partial charge in [0, 0.05) is 5.25 Å². The van der Waals surface area contributed by atoms with Gasteiger partial charge in [-0.25, -0.2) is 0 Å². The smallest absolute Gasteiger partial charge is 0.321 e. The van der Waals surface area contributed by atoms with Crippen molar-refractivity contribution in [1.82, 2.24) is 0 Å². The summed E-state index contributed by atoms with van der Waals surface area (Å²) in [5.41, 5.74) is 10.5. The number of rotatable bonds is 5. The zero-order valence-corrected chi connectivity index (χ0v) is 7.13. The molecule has 66 valence electrons.